The normalized spacial score (nSPS) is 28.2. The van der Waals surface area contributed by atoms with Gasteiger partial charge in [0, 0.05) is 6.42 Å². The summed E-state index contributed by atoms with van der Waals surface area (Å²) < 4.78 is 14.5. The monoisotopic (exact) mass is 226 g/mol. The summed E-state index contributed by atoms with van der Waals surface area (Å²) in [6, 6.07) is 0. The Kier molecular flexibility index (Phi) is 8.14. The molecule has 2 aliphatic rings. The Balaban J connectivity index is 0. The Morgan fingerprint density at radius 2 is 1.20 bits per heavy atom. The van der Waals surface area contributed by atoms with Gasteiger partial charge in [-0.05, 0) is 32.1 Å². The van der Waals surface area contributed by atoms with Crippen LogP contribution in [0.15, 0.2) is 0 Å². The van der Waals surface area contributed by atoms with Crippen molar-refractivity contribution in [2.24, 2.45) is 0 Å². The number of hydrogen-bond donors (Lipinski definition) is 0. The van der Waals surface area contributed by atoms with Crippen molar-refractivity contribution in [2.45, 2.75) is 44.8 Å². The van der Waals surface area contributed by atoms with E-state index >= 15 is 0 Å². The molecule has 0 aromatic rings. The molecule has 15 heavy (non-hydrogen) atoms. The maximum absolute atomic E-state index is 13.7. The molecule has 0 aromatic heterocycles. The van der Waals surface area contributed by atoms with Gasteiger partial charge >= 0.3 is 0 Å². The molecule has 2 fully saturated rings. The van der Waals surface area contributed by atoms with Crippen LogP contribution in [0.3, 0.4) is 0 Å². The third-order valence-corrected chi connectivity index (χ3v) is 3.60. The zero-order valence-electron chi connectivity index (χ0n) is 9.27. The van der Waals surface area contributed by atoms with E-state index in [-0.39, 0.29) is 16.4 Å². The van der Waals surface area contributed by atoms with Gasteiger partial charge in [-0.3, -0.25) is 4.48 Å². The van der Waals surface area contributed by atoms with Gasteiger partial charge in [0.05, 0.1) is 19.6 Å². The van der Waals surface area contributed by atoms with Gasteiger partial charge in [-0.15, -0.1) is 0 Å². The molecule has 0 amide bonds. The van der Waals surface area contributed by atoms with Gasteiger partial charge in [-0.2, -0.15) is 4.39 Å². The zero-order chi connectivity index (χ0) is 8.44. The Morgan fingerprint density at radius 1 is 0.733 bits per heavy atom. The maximum Gasteiger partial charge on any atom is 0.232 e. The number of alkyl halides is 1. The standard InChI is InChI=1S/C10H19FN.3H2O/c11-10-6-2-5-9-12(10)7-3-1-4-8-12;;;/h10H,1-9H2;3*1H2/q+1;;;. The van der Waals surface area contributed by atoms with Gasteiger partial charge in [-0.25, -0.2) is 0 Å². The summed E-state index contributed by atoms with van der Waals surface area (Å²) in [6.07, 6.45) is 6.48. The van der Waals surface area contributed by atoms with E-state index in [0.717, 1.165) is 37.0 Å². The molecule has 4 nitrogen and oxygen atoms in total. The Hall–Kier alpha value is -0.230. The fraction of sp³-hybridized carbons (Fsp3) is 1.00. The van der Waals surface area contributed by atoms with Crippen LogP contribution in [0, 0.1) is 0 Å². The predicted octanol–water partition coefficient (Wildman–Crippen LogP) is -0.00750. The summed E-state index contributed by atoms with van der Waals surface area (Å²) in [7, 11) is 0. The van der Waals surface area contributed by atoms with E-state index < -0.39 is 6.30 Å². The highest BCUT2D eigenvalue weighted by atomic mass is 19.1. The van der Waals surface area contributed by atoms with E-state index in [1.807, 2.05) is 0 Å². The van der Waals surface area contributed by atoms with Crippen molar-refractivity contribution in [1.29, 1.82) is 0 Å². The molecule has 1 spiro atoms. The van der Waals surface area contributed by atoms with Crippen molar-refractivity contribution >= 4 is 0 Å². The summed E-state index contributed by atoms with van der Waals surface area (Å²) in [4.78, 5) is 0. The average molecular weight is 226 g/mol. The first-order valence-corrected chi connectivity index (χ1v) is 5.33. The van der Waals surface area contributed by atoms with E-state index in [1.54, 1.807) is 0 Å². The summed E-state index contributed by atoms with van der Waals surface area (Å²) >= 11 is 0. The Morgan fingerprint density at radius 3 is 1.73 bits per heavy atom. The third kappa shape index (κ3) is 3.38. The average Bonchev–Trinajstić information content (AvgIpc) is 2.12. The van der Waals surface area contributed by atoms with Gasteiger partial charge in [0.25, 0.3) is 0 Å². The van der Waals surface area contributed by atoms with Gasteiger partial charge in [0.2, 0.25) is 6.30 Å². The SMILES string of the molecule is FC1CCCC[N+]12CCCCC2.O.O.O. The molecule has 5 heteroatoms. The van der Waals surface area contributed by atoms with E-state index in [2.05, 4.69) is 0 Å². The highest BCUT2D eigenvalue weighted by Crippen LogP contribution is 2.31. The van der Waals surface area contributed by atoms with Crippen LogP contribution in [0.5, 0.6) is 0 Å². The van der Waals surface area contributed by atoms with Crippen molar-refractivity contribution in [3.05, 3.63) is 0 Å². The molecule has 2 aliphatic heterocycles. The molecule has 1 atom stereocenters. The first-order valence-electron chi connectivity index (χ1n) is 5.33. The fourth-order valence-electron chi connectivity index (χ4n) is 2.80. The molecule has 0 bridgehead atoms. The number of halogens is 1. The molecule has 0 radical (unpaired) electrons. The first-order chi connectivity index (χ1) is 5.83. The fourth-order valence-corrected chi connectivity index (χ4v) is 2.80. The van der Waals surface area contributed by atoms with Crippen molar-refractivity contribution in [2.75, 3.05) is 19.6 Å². The molecule has 6 N–H and O–H groups in total. The molecular weight excluding hydrogens is 201 g/mol. The van der Waals surface area contributed by atoms with Gasteiger partial charge in [0.15, 0.2) is 0 Å². The van der Waals surface area contributed by atoms with Gasteiger partial charge in [0.1, 0.15) is 0 Å². The van der Waals surface area contributed by atoms with Gasteiger partial charge < -0.3 is 16.4 Å². The molecule has 94 valence electrons. The zero-order valence-corrected chi connectivity index (χ0v) is 9.27. The molecule has 2 saturated heterocycles. The van der Waals surface area contributed by atoms with E-state index in [0.29, 0.717) is 0 Å². The molecule has 2 heterocycles. The molecule has 0 saturated carbocycles. The molecule has 1 unspecified atom stereocenters. The second-order valence-corrected chi connectivity index (χ2v) is 4.38. The number of hydrogen-bond acceptors (Lipinski definition) is 0. The third-order valence-electron chi connectivity index (χ3n) is 3.60. The van der Waals surface area contributed by atoms with Gasteiger partial charge in [-0.1, -0.05) is 0 Å². The number of quaternary nitrogens is 1. The summed E-state index contributed by atoms with van der Waals surface area (Å²) in [6.45, 7) is 3.34. The van der Waals surface area contributed by atoms with Crippen LogP contribution < -0.4 is 0 Å². The molecule has 2 rings (SSSR count). The highest BCUT2D eigenvalue weighted by molar-refractivity contribution is 4.62. The van der Waals surface area contributed by atoms with Crippen LogP contribution in [-0.2, 0) is 0 Å². The van der Waals surface area contributed by atoms with Crippen molar-refractivity contribution in [1.82, 2.24) is 0 Å². The topological polar surface area (TPSA) is 94.5 Å². The summed E-state index contributed by atoms with van der Waals surface area (Å²) in [5.41, 5.74) is 0. The van der Waals surface area contributed by atoms with Crippen LogP contribution in [0.1, 0.15) is 38.5 Å². The van der Waals surface area contributed by atoms with E-state index in [1.165, 1.54) is 25.7 Å². The lowest BCUT2D eigenvalue weighted by Crippen LogP contribution is -2.58. The lowest BCUT2D eigenvalue weighted by atomic mass is 10.0. The largest absolute Gasteiger partial charge is 0.412 e. The summed E-state index contributed by atoms with van der Waals surface area (Å²) in [5, 5.41) is 0. The predicted molar refractivity (Wildman–Crippen MR) is 58.3 cm³/mol. The number of piperidine rings is 2. The van der Waals surface area contributed by atoms with Crippen molar-refractivity contribution < 1.29 is 25.3 Å². The smallest absolute Gasteiger partial charge is 0.232 e. The van der Waals surface area contributed by atoms with E-state index in [4.69, 9.17) is 0 Å². The molecular formula is C10H25FNO3+. The minimum absolute atomic E-state index is 0. The lowest BCUT2D eigenvalue weighted by molar-refractivity contribution is -0.973. The summed E-state index contributed by atoms with van der Waals surface area (Å²) in [5.74, 6) is 0. The minimum Gasteiger partial charge on any atom is -0.412 e. The van der Waals surface area contributed by atoms with Crippen molar-refractivity contribution in [3.8, 4) is 0 Å². The second-order valence-electron chi connectivity index (χ2n) is 4.38. The number of nitrogens with zero attached hydrogens (tertiary/aromatic N) is 1. The van der Waals surface area contributed by atoms with Crippen molar-refractivity contribution in [3.63, 3.8) is 0 Å². The minimum atomic E-state index is -0.529. The van der Waals surface area contributed by atoms with Crippen LogP contribution >= 0.6 is 0 Å². The van der Waals surface area contributed by atoms with E-state index in [9.17, 15) is 4.39 Å². The quantitative estimate of drug-likeness (QED) is 0.410. The van der Waals surface area contributed by atoms with Crippen LogP contribution in [0.4, 0.5) is 4.39 Å². The number of rotatable bonds is 0. The molecule has 0 aliphatic carbocycles. The van der Waals surface area contributed by atoms with Crippen LogP contribution in [0.2, 0.25) is 0 Å². The van der Waals surface area contributed by atoms with Crippen LogP contribution in [0.25, 0.3) is 0 Å². The maximum atomic E-state index is 13.7. The Labute approximate surface area is 90.6 Å². The first kappa shape index (κ1) is 17.2. The second kappa shape index (κ2) is 7.11. The lowest BCUT2D eigenvalue weighted by Gasteiger charge is -2.46. The highest BCUT2D eigenvalue weighted by Gasteiger charge is 2.40. The molecule has 0 aromatic carbocycles. The Bertz CT molecular complexity index is 154. The van der Waals surface area contributed by atoms with Crippen LogP contribution in [-0.4, -0.2) is 46.8 Å².